The zero-order valence-corrected chi connectivity index (χ0v) is 13.2. The highest BCUT2D eigenvalue weighted by Crippen LogP contribution is 2.28. The number of carbonyl (C=O) groups excluding carboxylic acids is 1. The number of aliphatic hydroxyl groups is 1. The standard InChI is InChI=1S/C17H20N2O2S/c20-14(12-6-4-5-7-12)10-18-16(21)15-11-19-17(22-15)13-8-2-1-3-9-13/h1-3,8-9,11-12,14,20H,4-7,10H2,(H,18,21). The van der Waals surface area contributed by atoms with Crippen LogP contribution in [-0.2, 0) is 0 Å². The summed E-state index contributed by atoms with van der Waals surface area (Å²) in [6, 6.07) is 9.81. The van der Waals surface area contributed by atoms with E-state index in [-0.39, 0.29) is 5.91 Å². The third-order valence-corrected chi connectivity index (χ3v) is 5.21. The van der Waals surface area contributed by atoms with Gasteiger partial charge in [0.05, 0.1) is 12.3 Å². The van der Waals surface area contributed by atoms with Crippen molar-refractivity contribution in [3.63, 3.8) is 0 Å². The fourth-order valence-electron chi connectivity index (χ4n) is 2.89. The molecule has 0 aliphatic heterocycles. The Balaban J connectivity index is 1.57. The Morgan fingerprint density at radius 2 is 2.05 bits per heavy atom. The minimum absolute atomic E-state index is 0.156. The van der Waals surface area contributed by atoms with Crippen molar-refractivity contribution in [2.75, 3.05) is 6.54 Å². The second-order valence-electron chi connectivity index (χ2n) is 5.72. The highest BCUT2D eigenvalue weighted by atomic mass is 32.1. The molecule has 1 aliphatic carbocycles. The van der Waals surface area contributed by atoms with Crippen LogP contribution in [0.15, 0.2) is 36.5 Å². The van der Waals surface area contributed by atoms with Gasteiger partial charge in [-0.1, -0.05) is 43.2 Å². The fourth-order valence-corrected chi connectivity index (χ4v) is 3.72. The normalized spacial score (nSPS) is 16.6. The van der Waals surface area contributed by atoms with Crippen LogP contribution in [0.1, 0.15) is 35.4 Å². The molecule has 0 saturated heterocycles. The Bertz CT molecular complexity index is 621. The van der Waals surface area contributed by atoms with Crippen LogP contribution in [0.3, 0.4) is 0 Å². The maximum absolute atomic E-state index is 12.2. The summed E-state index contributed by atoms with van der Waals surface area (Å²) >= 11 is 1.37. The van der Waals surface area contributed by atoms with Gasteiger partial charge in [-0.15, -0.1) is 11.3 Å². The van der Waals surface area contributed by atoms with E-state index in [9.17, 15) is 9.90 Å². The number of nitrogens with zero attached hydrogens (tertiary/aromatic N) is 1. The predicted octanol–water partition coefficient (Wildman–Crippen LogP) is 3.09. The predicted molar refractivity (Wildman–Crippen MR) is 87.8 cm³/mol. The molecule has 0 radical (unpaired) electrons. The molecule has 1 unspecified atom stereocenters. The van der Waals surface area contributed by atoms with Gasteiger partial charge in [0.1, 0.15) is 9.88 Å². The molecule has 1 heterocycles. The maximum Gasteiger partial charge on any atom is 0.263 e. The molecule has 1 aromatic heterocycles. The monoisotopic (exact) mass is 316 g/mol. The van der Waals surface area contributed by atoms with Crippen LogP contribution in [0, 0.1) is 5.92 Å². The quantitative estimate of drug-likeness (QED) is 0.891. The van der Waals surface area contributed by atoms with E-state index in [2.05, 4.69) is 10.3 Å². The summed E-state index contributed by atoms with van der Waals surface area (Å²) in [5, 5.41) is 13.8. The van der Waals surface area contributed by atoms with Crippen molar-refractivity contribution < 1.29 is 9.90 Å². The van der Waals surface area contributed by atoms with E-state index in [4.69, 9.17) is 0 Å². The Labute approximate surface area is 134 Å². The lowest BCUT2D eigenvalue weighted by atomic mass is 10.0. The highest BCUT2D eigenvalue weighted by molar-refractivity contribution is 7.16. The van der Waals surface area contributed by atoms with Crippen molar-refractivity contribution in [2.45, 2.75) is 31.8 Å². The Kier molecular flexibility index (Phi) is 4.85. The molecular weight excluding hydrogens is 296 g/mol. The minimum atomic E-state index is -0.437. The highest BCUT2D eigenvalue weighted by Gasteiger charge is 2.23. The first-order valence-electron chi connectivity index (χ1n) is 7.71. The van der Waals surface area contributed by atoms with Crippen LogP contribution in [0.4, 0.5) is 0 Å². The molecule has 1 aliphatic rings. The second-order valence-corrected chi connectivity index (χ2v) is 6.75. The Morgan fingerprint density at radius 3 is 2.77 bits per heavy atom. The molecule has 1 fully saturated rings. The van der Waals surface area contributed by atoms with E-state index < -0.39 is 6.10 Å². The van der Waals surface area contributed by atoms with Crippen molar-refractivity contribution in [1.29, 1.82) is 0 Å². The fraction of sp³-hybridized carbons (Fsp3) is 0.412. The van der Waals surface area contributed by atoms with Crippen LogP contribution in [-0.4, -0.2) is 28.6 Å². The summed E-state index contributed by atoms with van der Waals surface area (Å²) < 4.78 is 0. The van der Waals surface area contributed by atoms with Gasteiger partial charge in [0.15, 0.2) is 0 Å². The van der Waals surface area contributed by atoms with E-state index in [1.165, 1.54) is 24.2 Å². The Hall–Kier alpha value is -1.72. The van der Waals surface area contributed by atoms with Crippen LogP contribution in [0.25, 0.3) is 10.6 Å². The molecule has 116 valence electrons. The number of thiazole rings is 1. The van der Waals surface area contributed by atoms with E-state index in [0.717, 1.165) is 23.4 Å². The average Bonchev–Trinajstić information content (AvgIpc) is 3.24. The third kappa shape index (κ3) is 3.54. The van der Waals surface area contributed by atoms with Crippen molar-refractivity contribution in [3.05, 3.63) is 41.4 Å². The summed E-state index contributed by atoms with van der Waals surface area (Å²) in [6.45, 7) is 0.321. The number of amides is 1. The molecule has 2 N–H and O–H groups in total. The molecule has 1 aromatic carbocycles. The molecule has 0 spiro atoms. The van der Waals surface area contributed by atoms with Crippen molar-refractivity contribution >= 4 is 17.2 Å². The number of aromatic nitrogens is 1. The molecular formula is C17H20N2O2S. The van der Waals surface area contributed by atoms with Gasteiger partial charge in [0, 0.05) is 12.1 Å². The summed E-state index contributed by atoms with van der Waals surface area (Å²) in [5.41, 5.74) is 1.01. The second kappa shape index (κ2) is 7.03. The smallest absolute Gasteiger partial charge is 0.263 e. The van der Waals surface area contributed by atoms with Crippen LogP contribution in [0.2, 0.25) is 0 Å². The number of nitrogens with one attached hydrogen (secondary N) is 1. The summed E-state index contributed by atoms with van der Waals surface area (Å²) in [5.74, 6) is 0.179. The zero-order chi connectivity index (χ0) is 15.4. The van der Waals surface area contributed by atoms with Gasteiger partial charge in [-0.25, -0.2) is 4.98 Å². The molecule has 1 saturated carbocycles. The maximum atomic E-state index is 12.2. The van der Waals surface area contributed by atoms with Crippen molar-refractivity contribution in [3.8, 4) is 10.6 Å². The first-order valence-corrected chi connectivity index (χ1v) is 8.53. The van der Waals surface area contributed by atoms with E-state index in [0.29, 0.717) is 17.3 Å². The van der Waals surface area contributed by atoms with Gasteiger partial charge in [-0.3, -0.25) is 4.79 Å². The molecule has 4 nitrogen and oxygen atoms in total. The van der Waals surface area contributed by atoms with Gasteiger partial charge >= 0.3 is 0 Å². The lowest BCUT2D eigenvalue weighted by Gasteiger charge is -2.17. The summed E-state index contributed by atoms with van der Waals surface area (Å²) in [7, 11) is 0. The number of aliphatic hydroxyl groups excluding tert-OH is 1. The van der Waals surface area contributed by atoms with Gasteiger partial charge < -0.3 is 10.4 Å². The molecule has 1 atom stereocenters. The summed E-state index contributed by atoms with van der Waals surface area (Å²) in [6.07, 6.45) is 5.67. The van der Waals surface area contributed by atoms with Crippen molar-refractivity contribution in [2.24, 2.45) is 5.92 Å². The van der Waals surface area contributed by atoms with Gasteiger partial charge in [0.2, 0.25) is 0 Å². The van der Waals surface area contributed by atoms with Crippen molar-refractivity contribution in [1.82, 2.24) is 10.3 Å². The molecule has 3 rings (SSSR count). The number of carbonyl (C=O) groups is 1. The lowest BCUT2D eigenvalue weighted by molar-refractivity contribution is 0.0843. The van der Waals surface area contributed by atoms with E-state index in [1.54, 1.807) is 6.20 Å². The lowest BCUT2D eigenvalue weighted by Crippen LogP contribution is -2.35. The van der Waals surface area contributed by atoms with E-state index >= 15 is 0 Å². The number of benzene rings is 1. The van der Waals surface area contributed by atoms with E-state index in [1.807, 2.05) is 30.3 Å². The van der Waals surface area contributed by atoms with Gasteiger partial charge in [-0.2, -0.15) is 0 Å². The van der Waals surface area contributed by atoms with Crippen LogP contribution >= 0.6 is 11.3 Å². The summed E-state index contributed by atoms with van der Waals surface area (Å²) in [4.78, 5) is 17.0. The van der Waals surface area contributed by atoms with Crippen LogP contribution < -0.4 is 5.32 Å². The first kappa shape index (κ1) is 15.2. The zero-order valence-electron chi connectivity index (χ0n) is 12.4. The number of rotatable bonds is 5. The molecule has 22 heavy (non-hydrogen) atoms. The largest absolute Gasteiger partial charge is 0.391 e. The first-order chi connectivity index (χ1) is 10.7. The molecule has 1 amide bonds. The SMILES string of the molecule is O=C(NCC(O)C1CCCC1)c1cnc(-c2ccccc2)s1. The number of hydrogen-bond donors (Lipinski definition) is 2. The molecule has 5 heteroatoms. The molecule has 0 bridgehead atoms. The minimum Gasteiger partial charge on any atom is -0.391 e. The van der Waals surface area contributed by atoms with Gasteiger partial charge in [0.25, 0.3) is 5.91 Å². The molecule has 2 aromatic rings. The topological polar surface area (TPSA) is 62.2 Å². The third-order valence-electron chi connectivity index (χ3n) is 4.17. The number of hydrogen-bond acceptors (Lipinski definition) is 4. The Morgan fingerprint density at radius 1 is 1.32 bits per heavy atom. The van der Waals surface area contributed by atoms with Crippen LogP contribution in [0.5, 0.6) is 0 Å². The average molecular weight is 316 g/mol. The van der Waals surface area contributed by atoms with Gasteiger partial charge in [-0.05, 0) is 18.8 Å².